The quantitative estimate of drug-likeness (QED) is 0.646. The van der Waals surface area contributed by atoms with Gasteiger partial charge in [-0.25, -0.2) is 4.79 Å². The van der Waals surface area contributed by atoms with Crippen molar-refractivity contribution in [1.29, 1.82) is 0 Å². The summed E-state index contributed by atoms with van der Waals surface area (Å²) in [7, 11) is 0. The van der Waals surface area contributed by atoms with Crippen molar-refractivity contribution < 1.29 is 14.1 Å². The largest absolute Gasteiger partial charge is 0.444 e. The Morgan fingerprint density at radius 2 is 2.14 bits per heavy atom. The molecule has 0 radical (unpaired) electrons. The van der Waals surface area contributed by atoms with Crippen LogP contribution in [0, 0.1) is 5.92 Å². The SMILES string of the molecule is CC(C)(C)OC(=O)N1CCC(C(c2ncon2)c2cc3ccncc3s2)CC1. The van der Waals surface area contributed by atoms with Crippen LogP contribution < -0.4 is 0 Å². The van der Waals surface area contributed by atoms with Gasteiger partial charge in [0.25, 0.3) is 0 Å². The molecular formula is C20H24N4O3S. The first-order chi connectivity index (χ1) is 13.4. The lowest BCUT2D eigenvalue weighted by Gasteiger charge is -2.35. The van der Waals surface area contributed by atoms with E-state index in [9.17, 15) is 4.79 Å². The Morgan fingerprint density at radius 3 is 2.79 bits per heavy atom. The molecule has 1 amide bonds. The van der Waals surface area contributed by atoms with Crippen LogP contribution in [0.3, 0.4) is 0 Å². The summed E-state index contributed by atoms with van der Waals surface area (Å²) in [5, 5.41) is 5.32. The molecular weight excluding hydrogens is 376 g/mol. The van der Waals surface area contributed by atoms with Gasteiger partial charge >= 0.3 is 6.09 Å². The summed E-state index contributed by atoms with van der Waals surface area (Å²) in [6.07, 6.45) is 6.57. The first-order valence-corrected chi connectivity index (χ1v) is 10.3. The number of likely N-dealkylation sites (tertiary alicyclic amines) is 1. The van der Waals surface area contributed by atoms with Crippen molar-refractivity contribution in [1.82, 2.24) is 20.0 Å². The molecule has 4 rings (SSSR count). The van der Waals surface area contributed by atoms with E-state index in [0.717, 1.165) is 17.5 Å². The van der Waals surface area contributed by atoms with Crippen LogP contribution in [0.4, 0.5) is 4.79 Å². The predicted octanol–water partition coefficient (Wildman–Crippen LogP) is 4.46. The molecule has 148 valence electrons. The molecule has 1 fully saturated rings. The summed E-state index contributed by atoms with van der Waals surface area (Å²) in [5.74, 6) is 1.09. The van der Waals surface area contributed by atoms with E-state index >= 15 is 0 Å². The minimum absolute atomic E-state index is 0.0527. The molecule has 3 aromatic rings. The first-order valence-electron chi connectivity index (χ1n) is 9.48. The number of pyridine rings is 1. The molecule has 1 aliphatic heterocycles. The van der Waals surface area contributed by atoms with Crippen LogP contribution in [0.1, 0.15) is 50.2 Å². The second-order valence-electron chi connectivity index (χ2n) is 8.13. The van der Waals surface area contributed by atoms with E-state index in [4.69, 9.17) is 9.26 Å². The van der Waals surface area contributed by atoms with Gasteiger partial charge in [0.1, 0.15) is 5.60 Å². The molecule has 8 heteroatoms. The normalized spacial score (nSPS) is 17.0. The maximum atomic E-state index is 12.4. The zero-order valence-corrected chi connectivity index (χ0v) is 17.1. The first kappa shape index (κ1) is 18.9. The fraction of sp³-hybridized carbons (Fsp3) is 0.500. The molecule has 0 N–H and O–H groups in total. The molecule has 3 aromatic heterocycles. The monoisotopic (exact) mass is 400 g/mol. The highest BCUT2D eigenvalue weighted by molar-refractivity contribution is 7.19. The zero-order chi connectivity index (χ0) is 19.7. The number of piperidine rings is 1. The average molecular weight is 401 g/mol. The van der Waals surface area contributed by atoms with Crippen LogP contribution in [0.25, 0.3) is 10.1 Å². The third-order valence-corrected chi connectivity index (χ3v) is 6.14. The third-order valence-electron chi connectivity index (χ3n) is 4.97. The van der Waals surface area contributed by atoms with Crippen molar-refractivity contribution in [2.24, 2.45) is 5.92 Å². The number of amides is 1. The molecule has 1 unspecified atom stereocenters. The smallest absolute Gasteiger partial charge is 0.410 e. The van der Waals surface area contributed by atoms with Crippen molar-refractivity contribution in [3.63, 3.8) is 0 Å². The van der Waals surface area contributed by atoms with Crippen LogP contribution in [-0.4, -0.2) is 44.8 Å². The lowest BCUT2D eigenvalue weighted by molar-refractivity contribution is 0.0178. The second-order valence-corrected chi connectivity index (χ2v) is 9.25. The minimum Gasteiger partial charge on any atom is -0.444 e. The Labute approximate surface area is 167 Å². The number of fused-ring (bicyclic) bond motifs is 1. The molecule has 0 aliphatic carbocycles. The Bertz CT molecular complexity index is 907. The number of carbonyl (C=O) groups is 1. The predicted molar refractivity (Wildman–Crippen MR) is 106 cm³/mol. The van der Waals surface area contributed by atoms with Crippen LogP contribution >= 0.6 is 11.3 Å². The van der Waals surface area contributed by atoms with Gasteiger partial charge in [-0.05, 0) is 57.0 Å². The van der Waals surface area contributed by atoms with E-state index in [0.29, 0.717) is 24.8 Å². The van der Waals surface area contributed by atoms with Gasteiger partial charge in [-0.1, -0.05) is 5.16 Å². The molecule has 0 bridgehead atoms. The summed E-state index contributed by atoms with van der Waals surface area (Å²) in [4.78, 5) is 23.9. The highest BCUT2D eigenvalue weighted by Crippen LogP contribution is 2.41. The van der Waals surface area contributed by atoms with E-state index in [1.54, 1.807) is 16.2 Å². The fourth-order valence-corrected chi connectivity index (χ4v) is 4.91. The molecule has 0 aromatic carbocycles. The standard InChI is InChI=1S/C20H24N4O3S/c1-20(2,3)27-19(25)24-8-5-13(6-9-24)17(18-22-12-26-23-18)15-10-14-4-7-21-11-16(14)28-15/h4,7,10-13,17H,5-6,8-9H2,1-3H3. The molecule has 7 nitrogen and oxygen atoms in total. The van der Waals surface area contributed by atoms with Crippen molar-refractivity contribution in [3.05, 3.63) is 41.6 Å². The van der Waals surface area contributed by atoms with Gasteiger partial charge in [0.05, 0.1) is 10.6 Å². The highest BCUT2D eigenvalue weighted by atomic mass is 32.1. The topological polar surface area (TPSA) is 81.4 Å². The molecule has 0 saturated carbocycles. The van der Waals surface area contributed by atoms with Gasteiger partial charge in [0, 0.05) is 30.4 Å². The summed E-state index contributed by atoms with van der Waals surface area (Å²) in [6, 6.07) is 4.22. The van der Waals surface area contributed by atoms with E-state index in [2.05, 4.69) is 21.2 Å². The number of nitrogens with zero attached hydrogens (tertiary/aromatic N) is 4. The Hall–Kier alpha value is -2.48. The number of thiophene rings is 1. The van der Waals surface area contributed by atoms with Crippen molar-refractivity contribution in [2.45, 2.75) is 45.1 Å². The molecule has 0 spiro atoms. The summed E-state index contributed by atoms with van der Waals surface area (Å²) in [5.41, 5.74) is -0.480. The van der Waals surface area contributed by atoms with Crippen LogP contribution in [0.15, 0.2) is 35.4 Å². The number of rotatable bonds is 3. The Balaban J connectivity index is 1.54. The number of hydrogen-bond donors (Lipinski definition) is 0. The summed E-state index contributed by atoms with van der Waals surface area (Å²) < 4.78 is 11.7. The number of aromatic nitrogens is 3. The lowest BCUT2D eigenvalue weighted by atomic mass is 9.82. The van der Waals surface area contributed by atoms with Crippen molar-refractivity contribution in [2.75, 3.05) is 13.1 Å². The van der Waals surface area contributed by atoms with Crippen LogP contribution in [0.2, 0.25) is 0 Å². The second kappa shape index (κ2) is 7.50. The van der Waals surface area contributed by atoms with Gasteiger partial charge in [0.15, 0.2) is 5.82 Å². The van der Waals surface area contributed by atoms with Gasteiger partial charge in [-0.2, -0.15) is 4.98 Å². The van der Waals surface area contributed by atoms with E-state index in [-0.39, 0.29) is 12.0 Å². The number of ether oxygens (including phenoxy) is 1. The van der Waals surface area contributed by atoms with Gasteiger partial charge in [-0.15, -0.1) is 11.3 Å². The lowest BCUT2D eigenvalue weighted by Crippen LogP contribution is -2.42. The zero-order valence-electron chi connectivity index (χ0n) is 16.3. The number of carbonyl (C=O) groups excluding carboxylic acids is 1. The van der Waals surface area contributed by atoms with Crippen molar-refractivity contribution >= 4 is 27.5 Å². The third kappa shape index (κ3) is 4.01. The molecule has 1 atom stereocenters. The molecule has 1 aliphatic rings. The van der Waals surface area contributed by atoms with E-state index < -0.39 is 5.60 Å². The van der Waals surface area contributed by atoms with Gasteiger partial charge in [-0.3, -0.25) is 4.98 Å². The maximum absolute atomic E-state index is 12.4. The van der Waals surface area contributed by atoms with E-state index in [1.807, 2.05) is 39.2 Å². The Kier molecular flexibility index (Phi) is 5.05. The van der Waals surface area contributed by atoms with Gasteiger partial charge < -0.3 is 14.2 Å². The fourth-order valence-electron chi connectivity index (χ4n) is 3.69. The molecule has 1 saturated heterocycles. The highest BCUT2D eigenvalue weighted by Gasteiger charge is 2.35. The van der Waals surface area contributed by atoms with E-state index in [1.165, 1.54) is 16.7 Å². The van der Waals surface area contributed by atoms with Crippen molar-refractivity contribution in [3.8, 4) is 0 Å². The molecule has 4 heterocycles. The average Bonchev–Trinajstić information content (AvgIpc) is 3.31. The molecule has 28 heavy (non-hydrogen) atoms. The van der Waals surface area contributed by atoms with Crippen LogP contribution in [-0.2, 0) is 4.74 Å². The summed E-state index contributed by atoms with van der Waals surface area (Å²) >= 11 is 1.72. The van der Waals surface area contributed by atoms with Crippen LogP contribution in [0.5, 0.6) is 0 Å². The maximum Gasteiger partial charge on any atom is 0.410 e. The Morgan fingerprint density at radius 1 is 1.36 bits per heavy atom. The van der Waals surface area contributed by atoms with Gasteiger partial charge in [0.2, 0.25) is 6.39 Å². The summed E-state index contributed by atoms with van der Waals surface area (Å²) in [6.45, 7) is 7.00. The number of hydrogen-bond acceptors (Lipinski definition) is 7. The minimum atomic E-state index is -0.480.